The Hall–Kier alpha value is -0.930. The second kappa shape index (κ2) is 4.53. The third-order valence-corrected chi connectivity index (χ3v) is 1.96. The predicted molar refractivity (Wildman–Crippen MR) is 62.6 cm³/mol. The van der Waals surface area contributed by atoms with Gasteiger partial charge in [0.1, 0.15) is 0 Å². The monoisotopic (exact) mass is 206 g/mol. The van der Waals surface area contributed by atoms with Crippen molar-refractivity contribution >= 4 is 11.6 Å². The van der Waals surface area contributed by atoms with Gasteiger partial charge >= 0.3 is 0 Å². The smallest absolute Gasteiger partial charge is 0.0997 e. The minimum Gasteiger partial charge on any atom is -0.106 e. The molecule has 0 heterocycles. The van der Waals surface area contributed by atoms with Gasteiger partial charge in [-0.3, -0.25) is 0 Å². The number of hydrogen-bond donors (Lipinski definition) is 0. The molecule has 0 aliphatic carbocycles. The molecule has 0 saturated heterocycles. The van der Waals surface area contributed by atoms with E-state index in [1.165, 1.54) is 5.56 Å². The first-order chi connectivity index (χ1) is 6.51. The summed E-state index contributed by atoms with van der Waals surface area (Å²) in [6.07, 6.45) is 1.06. The number of alkyl halides is 1. The second-order valence-electron chi connectivity index (χ2n) is 3.77. The highest BCUT2D eigenvalue weighted by atomic mass is 35.5. The molecule has 1 aromatic rings. The van der Waals surface area contributed by atoms with Gasteiger partial charge in [0.15, 0.2) is 0 Å². The van der Waals surface area contributed by atoms with Gasteiger partial charge in [-0.1, -0.05) is 30.9 Å². The zero-order valence-corrected chi connectivity index (χ0v) is 9.65. The first-order valence-electron chi connectivity index (χ1n) is 4.82. The molecule has 0 nitrogen and oxygen atoms in total. The molecule has 0 bridgehead atoms. The average Bonchev–Trinajstić information content (AvgIpc) is 2.14. The molecule has 0 aliphatic heterocycles. The van der Waals surface area contributed by atoms with Gasteiger partial charge < -0.3 is 0 Å². The van der Waals surface area contributed by atoms with Crippen molar-refractivity contribution in [1.82, 2.24) is 0 Å². The number of hydrogen-bond acceptors (Lipinski definition) is 0. The van der Waals surface area contributed by atoms with Crippen molar-refractivity contribution in [2.24, 2.45) is 0 Å². The van der Waals surface area contributed by atoms with Gasteiger partial charge in [0.25, 0.3) is 0 Å². The number of aryl methyl sites for hydroxylation is 1. The fraction of sp³-hybridized carbons (Fsp3) is 0.385. The van der Waals surface area contributed by atoms with Crippen LogP contribution in [0.1, 0.15) is 31.9 Å². The minimum absolute atomic E-state index is 0.441. The van der Waals surface area contributed by atoms with Crippen molar-refractivity contribution in [2.45, 2.75) is 32.1 Å². The van der Waals surface area contributed by atoms with E-state index >= 15 is 0 Å². The lowest BCUT2D eigenvalue weighted by Gasteiger charge is -2.03. The standard InChI is InChI=1S/C13H15Cl/c1-4-11-5-7-12(8-6-11)9-10-13(2,3)14/h5-8H,4H2,1-3H3. The first-order valence-corrected chi connectivity index (χ1v) is 5.20. The van der Waals surface area contributed by atoms with Crippen LogP contribution in [-0.4, -0.2) is 4.87 Å². The molecule has 1 rings (SSSR count). The van der Waals surface area contributed by atoms with Crippen LogP contribution in [0.15, 0.2) is 24.3 Å². The van der Waals surface area contributed by atoms with Crippen LogP contribution < -0.4 is 0 Å². The van der Waals surface area contributed by atoms with Gasteiger partial charge in [0.2, 0.25) is 0 Å². The molecule has 0 aliphatic rings. The van der Waals surface area contributed by atoms with Crippen molar-refractivity contribution in [3.63, 3.8) is 0 Å². The largest absolute Gasteiger partial charge is 0.106 e. The molecule has 0 radical (unpaired) electrons. The van der Waals surface area contributed by atoms with Crippen LogP contribution >= 0.6 is 11.6 Å². The fourth-order valence-corrected chi connectivity index (χ4v) is 1.09. The number of benzene rings is 1. The van der Waals surface area contributed by atoms with E-state index in [2.05, 4.69) is 30.9 Å². The van der Waals surface area contributed by atoms with E-state index in [0.717, 1.165) is 12.0 Å². The topological polar surface area (TPSA) is 0 Å². The summed E-state index contributed by atoms with van der Waals surface area (Å²) in [5.74, 6) is 6.05. The van der Waals surface area contributed by atoms with Crippen LogP contribution in [0.25, 0.3) is 0 Å². The molecule has 0 saturated carbocycles. The zero-order valence-electron chi connectivity index (χ0n) is 8.89. The van der Waals surface area contributed by atoms with E-state index in [9.17, 15) is 0 Å². The van der Waals surface area contributed by atoms with Gasteiger partial charge in [0.05, 0.1) is 4.87 Å². The molecule has 0 aromatic heterocycles. The molecular formula is C13H15Cl. The van der Waals surface area contributed by atoms with Crippen LogP contribution in [0, 0.1) is 11.8 Å². The number of halogens is 1. The Labute approximate surface area is 91.3 Å². The quantitative estimate of drug-likeness (QED) is 0.487. The number of rotatable bonds is 1. The van der Waals surface area contributed by atoms with E-state index in [1.807, 2.05) is 26.0 Å². The zero-order chi connectivity index (χ0) is 10.6. The Morgan fingerprint density at radius 1 is 1.21 bits per heavy atom. The maximum atomic E-state index is 5.97. The first kappa shape index (κ1) is 11.1. The summed E-state index contributed by atoms with van der Waals surface area (Å²) in [4.78, 5) is -0.441. The maximum absolute atomic E-state index is 5.97. The molecule has 14 heavy (non-hydrogen) atoms. The molecule has 0 spiro atoms. The highest BCUT2D eigenvalue weighted by Crippen LogP contribution is 2.11. The summed E-state index contributed by atoms with van der Waals surface area (Å²) in [7, 11) is 0. The molecule has 0 N–H and O–H groups in total. The molecule has 0 unspecified atom stereocenters. The highest BCUT2D eigenvalue weighted by molar-refractivity contribution is 6.25. The molecule has 1 aromatic carbocycles. The Morgan fingerprint density at radius 2 is 1.79 bits per heavy atom. The summed E-state index contributed by atoms with van der Waals surface area (Å²) in [5.41, 5.74) is 2.36. The van der Waals surface area contributed by atoms with Crippen LogP contribution in [0.4, 0.5) is 0 Å². The van der Waals surface area contributed by atoms with Gasteiger partial charge in [-0.2, -0.15) is 0 Å². The lowest BCUT2D eigenvalue weighted by molar-refractivity contribution is 0.917. The summed E-state index contributed by atoms with van der Waals surface area (Å²) in [6, 6.07) is 8.28. The average molecular weight is 207 g/mol. The molecule has 0 amide bonds. The highest BCUT2D eigenvalue weighted by Gasteiger charge is 2.06. The Bertz CT molecular complexity index is 344. The lowest BCUT2D eigenvalue weighted by Crippen LogP contribution is -2.04. The van der Waals surface area contributed by atoms with Gasteiger partial charge in [0, 0.05) is 5.56 Å². The summed E-state index contributed by atoms with van der Waals surface area (Å²) in [5, 5.41) is 0. The third-order valence-electron chi connectivity index (χ3n) is 1.87. The van der Waals surface area contributed by atoms with Crippen molar-refractivity contribution in [3.05, 3.63) is 35.4 Å². The van der Waals surface area contributed by atoms with Gasteiger partial charge in [-0.25, -0.2) is 0 Å². The van der Waals surface area contributed by atoms with E-state index in [1.54, 1.807) is 0 Å². The summed E-state index contributed by atoms with van der Waals surface area (Å²) >= 11 is 5.97. The van der Waals surface area contributed by atoms with Crippen LogP contribution in [0.3, 0.4) is 0 Å². The van der Waals surface area contributed by atoms with Crippen LogP contribution in [0.5, 0.6) is 0 Å². The summed E-state index contributed by atoms with van der Waals surface area (Å²) < 4.78 is 0. The molecule has 0 fully saturated rings. The van der Waals surface area contributed by atoms with Crippen molar-refractivity contribution < 1.29 is 0 Å². The van der Waals surface area contributed by atoms with Crippen molar-refractivity contribution in [2.75, 3.05) is 0 Å². The van der Waals surface area contributed by atoms with Gasteiger partial charge in [-0.05, 0) is 38.0 Å². The molecule has 1 heteroatoms. The Kier molecular flexibility index (Phi) is 3.61. The van der Waals surface area contributed by atoms with E-state index in [0.29, 0.717) is 0 Å². The third kappa shape index (κ3) is 3.85. The van der Waals surface area contributed by atoms with Crippen LogP contribution in [0.2, 0.25) is 0 Å². The minimum atomic E-state index is -0.441. The summed E-state index contributed by atoms with van der Waals surface area (Å²) in [6.45, 7) is 5.92. The second-order valence-corrected chi connectivity index (χ2v) is 4.72. The molecular weight excluding hydrogens is 192 g/mol. The van der Waals surface area contributed by atoms with Gasteiger partial charge in [-0.15, -0.1) is 11.6 Å². The van der Waals surface area contributed by atoms with E-state index < -0.39 is 4.87 Å². The Morgan fingerprint density at radius 3 is 2.21 bits per heavy atom. The van der Waals surface area contributed by atoms with E-state index in [4.69, 9.17) is 11.6 Å². The van der Waals surface area contributed by atoms with Crippen molar-refractivity contribution in [3.8, 4) is 11.8 Å². The predicted octanol–water partition coefficient (Wildman–Crippen LogP) is 3.62. The Balaban J connectivity index is 2.82. The van der Waals surface area contributed by atoms with E-state index in [-0.39, 0.29) is 0 Å². The fourth-order valence-electron chi connectivity index (χ4n) is 1.04. The molecule has 0 atom stereocenters. The van der Waals surface area contributed by atoms with Crippen molar-refractivity contribution in [1.29, 1.82) is 0 Å². The normalized spacial score (nSPS) is 10.6. The molecule has 74 valence electrons. The maximum Gasteiger partial charge on any atom is 0.0997 e. The SMILES string of the molecule is CCc1ccc(C#CC(C)(C)Cl)cc1. The van der Waals surface area contributed by atoms with Crippen LogP contribution in [-0.2, 0) is 6.42 Å². The lowest BCUT2D eigenvalue weighted by atomic mass is 10.1.